The fourth-order valence-corrected chi connectivity index (χ4v) is 2.34. The lowest BCUT2D eigenvalue weighted by Gasteiger charge is -2.15. The van der Waals surface area contributed by atoms with Crippen LogP contribution in [0.1, 0.15) is 36.5 Å². The first-order valence-corrected chi connectivity index (χ1v) is 6.25. The summed E-state index contributed by atoms with van der Waals surface area (Å²) in [6.45, 7) is 1.52. The summed E-state index contributed by atoms with van der Waals surface area (Å²) < 4.78 is 0. The van der Waals surface area contributed by atoms with Crippen LogP contribution in [0.15, 0.2) is 24.3 Å². The van der Waals surface area contributed by atoms with Crippen LogP contribution >= 0.6 is 0 Å². The van der Waals surface area contributed by atoms with E-state index in [9.17, 15) is 9.59 Å². The highest BCUT2D eigenvalue weighted by Crippen LogP contribution is 2.25. The Balaban J connectivity index is 2.00. The third kappa shape index (κ3) is 2.76. The maximum Gasteiger partial charge on any atom is 0.229 e. The van der Waals surface area contributed by atoms with E-state index in [1.54, 1.807) is 24.3 Å². The van der Waals surface area contributed by atoms with E-state index in [1.807, 2.05) is 0 Å². The summed E-state index contributed by atoms with van der Waals surface area (Å²) in [7, 11) is 0. The number of hydrogen-bond donors (Lipinski definition) is 2. The van der Waals surface area contributed by atoms with Crippen molar-refractivity contribution in [2.75, 3.05) is 5.32 Å². The molecule has 4 nitrogen and oxygen atoms in total. The van der Waals surface area contributed by atoms with Crippen LogP contribution in [-0.4, -0.2) is 17.7 Å². The largest absolute Gasteiger partial charge is 0.327 e. The topological polar surface area (TPSA) is 72.2 Å². The standard InChI is InChI=1S/C14H18N2O2/c1-9(17)10-5-7-11(8-6-10)16-14(18)12-3-2-4-13(12)15/h5-8,12-13H,2-4,15H2,1H3,(H,16,18). The van der Waals surface area contributed by atoms with Crippen LogP contribution in [0.4, 0.5) is 5.69 Å². The van der Waals surface area contributed by atoms with Gasteiger partial charge in [0.2, 0.25) is 5.91 Å². The predicted molar refractivity (Wildman–Crippen MR) is 70.4 cm³/mol. The van der Waals surface area contributed by atoms with E-state index in [0.717, 1.165) is 19.3 Å². The van der Waals surface area contributed by atoms with E-state index in [-0.39, 0.29) is 23.7 Å². The molecule has 1 aromatic rings. The van der Waals surface area contributed by atoms with Gasteiger partial charge in [0.25, 0.3) is 0 Å². The number of amides is 1. The molecular formula is C14H18N2O2. The number of carbonyl (C=O) groups excluding carboxylic acids is 2. The molecule has 0 aliphatic heterocycles. The molecule has 0 bridgehead atoms. The number of ketones is 1. The van der Waals surface area contributed by atoms with Gasteiger partial charge in [-0.05, 0) is 44.0 Å². The number of carbonyl (C=O) groups is 2. The van der Waals surface area contributed by atoms with E-state index < -0.39 is 0 Å². The number of rotatable bonds is 3. The summed E-state index contributed by atoms with van der Waals surface area (Å²) >= 11 is 0. The minimum absolute atomic E-state index is 0.0180. The fourth-order valence-electron chi connectivity index (χ4n) is 2.34. The van der Waals surface area contributed by atoms with Crippen molar-refractivity contribution in [2.24, 2.45) is 11.7 Å². The maximum absolute atomic E-state index is 12.0. The highest BCUT2D eigenvalue weighted by molar-refractivity contribution is 5.96. The van der Waals surface area contributed by atoms with Gasteiger partial charge in [-0.15, -0.1) is 0 Å². The molecule has 0 heterocycles. The van der Waals surface area contributed by atoms with Gasteiger partial charge < -0.3 is 11.1 Å². The lowest BCUT2D eigenvalue weighted by atomic mass is 10.0. The first-order chi connectivity index (χ1) is 8.58. The van der Waals surface area contributed by atoms with Gasteiger partial charge in [0.15, 0.2) is 5.78 Å². The Morgan fingerprint density at radius 3 is 2.39 bits per heavy atom. The Morgan fingerprint density at radius 2 is 1.89 bits per heavy atom. The highest BCUT2D eigenvalue weighted by atomic mass is 16.2. The summed E-state index contributed by atoms with van der Waals surface area (Å²) in [4.78, 5) is 23.1. The highest BCUT2D eigenvalue weighted by Gasteiger charge is 2.30. The van der Waals surface area contributed by atoms with Crippen LogP contribution in [0.2, 0.25) is 0 Å². The zero-order chi connectivity index (χ0) is 13.1. The third-order valence-corrected chi connectivity index (χ3v) is 3.47. The molecule has 2 unspecified atom stereocenters. The molecule has 1 saturated carbocycles. The molecule has 0 aromatic heterocycles. The van der Waals surface area contributed by atoms with E-state index in [4.69, 9.17) is 5.73 Å². The molecular weight excluding hydrogens is 228 g/mol. The van der Waals surface area contributed by atoms with Gasteiger partial charge in [-0.25, -0.2) is 0 Å². The lowest BCUT2D eigenvalue weighted by molar-refractivity contribution is -0.120. The normalized spacial score (nSPS) is 22.8. The second kappa shape index (κ2) is 5.31. The van der Waals surface area contributed by atoms with Crippen molar-refractivity contribution < 1.29 is 9.59 Å². The van der Waals surface area contributed by atoms with Crippen LogP contribution < -0.4 is 11.1 Å². The summed E-state index contributed by atoms with van der Waals surface area (Å²) in [5.74, 6) is -0.0845. The quantitative estimate of drug-likeness (QED) is 0.801. The monoisotopic (exact) mass is 246 g/mol. The van der Waals surface area contributed by atoms with Gasteiger partial charge in [-0.1, -0.05) is 6.42 Å². The molecule has 0 saturated heterocycles. The zero-order valence-corrected chi connectivity index (χ0v) is 10.5. The van der Waals surface area contributed by atoms with Crippen LogP contribution in [-0.2, 0) is 4.79 Å². The van der Waals surface area contributed by atoms with Gasteiger partial charge in [0, 0.05) is 17.3 Å². The van der Waals surface area contributed by atoms with Crippen molar-refractivity contribution in [3.05, 3.63) is 29.8 Å². The molecule has 4 heteroatoms. The van der Waals surface area contributed by atoms with E-state index in [1.165, 1.54) is 6.92 Å². The summed E-state index contributed by atoms with van der Waals surface area (Å²) in [5, 5.41) is 2.85. The molecule has 0 radical (unpaired) electrons. The number of nitrogens with two attached hydrogens (primary N) is 1. The molecule has 1 aliphatic rings. The smallest absolute Gasteiger partial charge is 0.229 e. The number of Topliss-reactive ketones (excluding diaryl/α,β-unsaturated/α-hetero) is 1. The molecule has 1 aromatic carbocycles. The third-order valence-electron chi connectivity index (χ3n) is 3.47. The van der Waals surface area contributed by atoms with Crippen molar-refractivity contribution in [3.63, 3.8) is 0 Å². The Labute approximate surface area is 107 Å². The Morgan fingerprint density at radius 1 is 1.22 bits per heavy atom. The molecule has 1 amide bonds. The van der Waals surface area contributed by atoms with Gasteiger partial charge in [0.05, 0.1) is 5.92 Å². The molecule has 18 heavy (non-hydrogen) atoms. The molecule has 2 rings (SSSR count). The minimum Gasteiger partial charge on any atom is -0.327 e. The summed E-state index contributed by atoms with van der Waals surface area (Å²) in [6, 6.07) is 6.89. The van der Waals surface area contributed by atoms with Crippen molar-refractivity contribution in [1.82, 2.24) is 0 Å². The summed E-state index contributed by atoms with van der Waals surface area (Å²) in [5.41, 5.74) is 7.25. The molecule has 96 valence electrons. The fraction of sp³-hybridized carbons (Fsp3) is 0.429. The van der Waals surface area contributed by atoms with Crippen molar-refractivity contribution in [3.8, 4) is 0 Å². The molecule has 1 aliphatic carbocycles. The summed E-state index contributed by atoms with van der Waals surface area (Å²) in [6.07, 6.45) is 2.79. The van der Waals surface area contributed by atoms with Crippen molar-refractivity contribution >= 4 is 17.4 Å². The van der Waals surface area contributed by atoms with Gasteiger partial charge in [-0.3, -0.25) is 9.59 Å². The molecule has 0 spiro atoms. The second-order valence-corrected chi connectivity index (χ2v) is 4.82. The average molecular weight is 246 g/mol. The van der Waals surface area contributed by atoms with E-state index in [2.05, 4.69) is 5.32 Å². The minimum atomic E-state index is -0.0857. The molecule has 1 fully saturated rings. The lowest BCUT2D eigenvalue weighted by Crippen LogP contribution is -2.34. The average Bonchev–Trinajstić information content (AvgIpc) is 2.76. The Hall–Kier alpha value is -1.68. The van der Waals surface area contributed by atoms with Crippen LogP contribution in [0.5, 0.6) is 0 Å². The SMILES string of the molecule is CC(=O)c1ccc(NC(=O)C2CCCC2N)cc1. The number of nitrogens with one attached hydrogen (secondary N) is 1. The first-order valence-electron chi connectivity index (χ1n) is 6.25. The number of benzene rings is 1. The number of hydrogen-bond acceptors (Lipinski definition) is 3. The van der Waals surface area contributed by atoms with Gasteiger partial charge >= 0.3 is 0 Å². The molecule has 2 atom stereocenters. The Kier molecular flexibility index (Phi) is 3.77. The van der Waals surface area contributed by atoms with Crippen molar-refractivity contribution in [2.45, 2.75) is 32.2 Å². The zero-order valence-electron chi connectivity index (χ0n) is 10.5. The van der Waals surface area contributed by atoms with Crippen LogP contribution in [0.3, 0.4) is 0 Å². The van der Waals surface area contributed by atoms with Gasteiger partial charge in [-0.2, -0.15) is 0 Å². The van der Waals surface area contributed by atoms with Gasteiger partial charge in [0.1, 0.15) is 0 Å². The Bertz CT molecular complexity index is 453. The predicted octanol–water partition coefficient (Wildman–Crippen LogP) is 1.96. The second-order valence-electron chi connectivity index (χ2n) is 4.82. The number of anilines is 1. The van der Waals surface area contributed by atoms with E-state index >= 15 is 0 Å². The van der Waals surface area contributed by atoms with E-state index in [0.29, 0.717) is 11.3 Å². The van der Waals surface area contributed by atoms with Crippen LogP contribution in [0.25, 0.3) is 0 Å². The maximum atomic E-state index is 12.0. The first kappa shape index (κ1) is 12.8. The van der Waals surface area contributed by atoms with Crippen LogP contribution in [0, 0.1) is 5.92 Å². The van der Waals surface area contributed by atoms with Crippen molar-refractivity contribution in [1.29, 1.82) is 0 Å². The molecule has 3 N–H and O–H groups in total.